The molecule has 1 aromatic carbocycles. The van der Waals surface area contributed by atoms with Crippen LogP contribution in [0.5, 0.6) is 0 Å². The minimum absolute atomic E-state index is 0.00662. The predicted molar refractivity (Wildman–Crippen MR) is 65.4 cm³/mol. The van der Waals surface area contributed by atoms with E-state index in [9.17, 15) is 9.90 Å². The molecule has 1 heterocycles. The highest BCUT2D eigenvalue weighted by Crippen LogP contribution is 2.19. The van der Waals surface area contributed by atoms with Gasteiger partial charge in [-0.2, -0.15) is 0 Å². The molecule has 0 aromatic heterocycles. The van der Waals surface area contributed by atoms with E-state index in [2.05, 4.69) is 15.9 Å². The van der Waals surface area contributed by atoms with Crippen LogP contribution in [0.1, 0.15) is 22.3 Å². The first-order valence-electron chi connectivity index (χ1n) is 5.31. The van der Waals surface area contributed by atoms with E-state index in [1.54, 1.807) is 4.90 Å². The summed E-state index contributed by atoms with van der Waals surface area (Å²) in [6.07, 6.45) is 0.321. The Morgan fingerprint density at radius 3 is 2.88 bits per heavy atom. The van der Waals surface area contributed by atoms with Crippen LogP contribution in [0, 0.1) is 6.92 Å². The molecule has 1 atom stereocenters. The van der Waals surface area contributed by atoms with E-state index < -0.39 is 0 Å². The number of aryl methyl sites for hydroxylation is 1. The lowest BCUT2D eigenvalue weighted by Gasteiger charge is -2.15. The number of aliphatic hydroxyl groups excluding tert-OH is 1. The van der Waals surface area contributed by atoms with E-state index in [-0.39, 0.29) is 12.0 Å². The van der Waals surface area contributed by atoms with Crippen LogP contribution in [0.3, 0.4) is 0 Å². The second-order valence-electron chi connectivity index (χ2n) is 4.16. The molecule has 1 amide bonds. The Labute approximate surface area is 103 Å². The minimum Gasteiger partial charge on any atom is -0.391 e. The molecule has 3 nitrogen and oxygen atoms in total. The fourth-order valence-corrected chi connectivity index (χ4v) is 2.13. The van der Waals surface area contributed by atoms with Gasteiger partial charge in [-0.05, 0) is 37.1 Å². The Morgan fingerprint density at radius 1 is 1.56 bits per heavy atom. The highest BCUT2D eigenvalue weighted by Gasteiger charge is 2.25. The standard InChI is InChI=1S/C12H14BrNO2/c1-8-6-9(2-3-11(8)13)12(16)14-5-4-10(15)7-14/h2-3,6,10,15H,4-5,7H2,1H3/t10-/m0/s1. The molecule has 4 heteroatoms. The van der Waals surface area contributed by atoms with Gasteiger partial charge in [0.05, 0.1) is 6.10 Å². The van der Waals surface area contributed by atoms with Crippen molar-refractivity contribution in [1.82, 2.24) is 4.90 Å². The van der Waals surface area contributed by atoms with Crippen molar-refractivity contribution < 1.29 is 9.90 Å². The number of carbonyl (C=O) groups excluding carboxylic acids is 1. The van der Waals surface area contributed by atoms with E-state index in [1.807, 2.05) is 25.1 Å². The SMILES string of the molecule is Cc1cc(C(=O)N2CC[C@H](O)C2)ccc1Br. The predicted octanol–water partition coefficient (Wildman–Crippen LogP) is 1.96. The maximum Gasteiger partial charge on any atom is 0.253 e. The third-order valence-corrected chi connectivity index (χ3v) is 3.75. The Hall–Kier alpha value is -0.870. The summed E-state index contributed by atoms with van der Waals surface area (Å²) in [6.45, 7) is 3.06. The van der Waals surface area contributed by atoms with Crippen molar-refractivity contribution >= 4 is 21.8 Å². The molecule has 2 rings (SSSR count). The maximum absolute atomic E-state index is 12.1. The molecule has 1 fully saturated rings. The average Bonchev–Trinajstić information content (AvgIpc) is 2.68. The molecule has 1 N–H and O–H groups in total. The van der Waals surface area contributed by atoms with Gasteiger partial charge in [0.1, 0.15) is 0 Å². The lowest BCUT2D eigenvalue weighted by Crippen LogP contribution is -2.29. The van der Waals surface area contributed by atoms with Gasteiger partial charge in [0.25, 0.3) is 5.91 Å². The van der Waals surface area contributed by atoms with Gasteiger partial charge in [-0.1, -0.05) is 15.9 Å². The molecular formula is C12H14BrNO2. The summed E-state index contributed by atoms with van der Waals surface area (Å²) >= 11 is 3.41. The lowest BCUT2D eigenvalue weighted by molar-refractivity contribution is 0.0765. The zero-order chi connectivity index (χ0) is 11.7. The van der Waals surface area contributed by atoms with Crippen LogP contribution >= 0.6 is 15.9 Å². The van der Waals surface area contributed by atoms with Crippen LogP contribution in [-0.2, 0) is 0 Å². The highest BCUT2D eigenvalue weighted by atomic mass is 79.9. The van der Waals surface area contributed by atoms with E-state index in [4.69, 9.17) is 0 Å². The van der Waals surface area contributed by atoms with Gasteiger partial charge < -0.3 is 10.0 Å². The number of rotatable bonds is 1. The lowest BCUT2D eigenvalue weighted by atomic mass is 10.1. The fourth-order valence-electron chi connectivity index (χ4n) is 1.89. The summed E-state index contributed by atoms with van der Waals surface area (Å²) in [4.78, 5) is 13.8. The zero-order valence-corrected chi connectivity index (χ0v) is 10.7. The molecule has 0 unspecified atom stereocenters. The number of nitrogens with zero attached hydrogens (tertiary/aromatic N) is 1. The average molecular weight is 284 g/mol. The van der Waals surface area contributed by atoms with Crippen molar-refractivity contribution in [3.05, 3.63) is 33.8 Å². The number of likely N-dealkylation sites (tertiary alicyclic amines) is 1. The van der Waals surface area contributed by atoms with Gasteiger partial charge in [-0.15, -0.1) is 0 Å². The number of carbonyl (C=O) groups is 1. The first-order valence-corrected chi connectivity index (χ1v) is 6.10. The van der Waals surface area contributed by atoms with Gasteiger partial charge in [0.2, 0.25) is 0 Å². The zero-order valence-electron chi connectivity index (χ0n) is 9.11. The first-order chi connectivity index (χ1) is 7.58. The van der Waals surface area contributed by atoms with Gasteiger partial charge in [0.15, 0.2) is 0 Å². The molecule has 0 aliphatic carbocycles. The van der Waals surface area contributed by atoms with Gasteiger partial charge >= 0.3 is 0 Å². The van der Waals surface area contributed by atoms with E-state index in [0.29, 0.717) is 25.1 Å². The maximum atomic E-state index is 12.1. The number of amides is 1. The third-order valence-electron chi connectivity index (χ3n) is 2.86. The molecule has 1 aliphatic heterocycles. The number of hydrogen-bond acceptors (Lipinski definition) is 2. The Bertz CT molecular complexity index is 419. The van der Waals surface area contributed by atoms with Crippen molar-refractivity contribution in [2.45, 2.75) is 19.4 Å². The fraction of sp³-hybridized carbons (Fsp3) is 0.417. The molecule has 1 saturated heterocycles. The first kappa shape index (κ1) is 11.6. The number of aliphatic hydroxyl groups is 1. The monoisotopic (exact) mass is 283 g/mol. The van der Waals surface area contributed by atoms with Crippen molar-refractivity contribution in [2.75, 3.05) is 13.1 Å². The molecule has 16 heavy (non-hydrogen) atoms. The summed E-state index contributed by atoms with van der Waals surface area (Å²) in [7, 11) is 0. The molecule has 0 spiro atoms. The molecule has 86 valence electrons. The van der Waals surface area contributed by atoms with E-state index in [0.717, 1.165) is 10.0 Å². The Kier molecular flexibility index (Phi) is 3.30. The van der Waals surface area contributed by atoms with Gasteiger partial charge in [-0.25, -0.2) is 0 Å². The second-order valence-corrected chi connectivity index (χ2v) is 5.01. The van der Waals surface area contributed by atoms with Crippen molar-refractivity contribution in [3.8, 4) is 0 Å². The topological polar surface area (TPSA) is 40.5 Å². The Morgan fingerprint density at radius 2 is 2.31 bits per heavy atom. The second kappa shape index (κ2) is 4.55. The molecule has 0 saturated carbocycles. The molecule has 1 aliphatic rings. The summed E-state index contributed by atoms with van der Waals surface area (Å²) in [6, 6.07) is 5.57. The van der Waals surface area contributed by atoms with Crippen LogP contribution < -0.4 is 0 Å². The summed E-state index contributed by atoms with van der Waals surface area (Å²) in [5, 5.41) is 9.39. The van der Waals surface area contributed by atoms with Crippen LogP contribution in [-0.4, -0.2) is 35.1 Å². The van der Waals surface area contributed by atoms with Gasteiger partial charge in [-0.3, -0.25) is 4.79 Å². The van der Waals surface area contributed by atoms with Crippen molar-refractivity contribution in [1.29, 1.82) is 0 Å². The van der Waals surface area contributed by atoms with Crippen molar-refractivity contribution in [3.63, 3.8) is 0 Å². The summed E-state index contributed by atoms with van der Waals surface area (Å²) in [5.74, 6) is 0.00662. The highest BCUT2D eigenvalue weighted by molar-refractivity contribution is 9.10. The third kappa shape index (κ3) is 2.28. The molecule has 0 radical (unpaired) electrons. The number of benzene rings is 1. The quantitative estimate of drug-likeness (QED) is 0.856. The number of halogens is 1. The van der Waals surface area contributed by atoms with Crippen LogP contribution in [0.4, 0.5) is 0 Å². The smallest absolute Gasteiger partial charge is 0.253 e. The van der Waals surface area contributed by atoms with Crippen LogP contribution in [0.2, 0.25) is 0 Å². The molecule has 1 aromatic rings. The van der Waals surface area contributed by atoms with Crippen molar-refractivity contribution in [2.24, 2.45) is 0 Å². The largest absolute Gasteiger partial charge is 0.391 e. The van der Waals surface area contributed by atoms with Gasteiger partial charge in [0, 0.05) is 23.1 Å². The number of hydrogen-bond donors (Lipinski definition) is 1. The van der Waals surface area contributed by atoms with Crippen LogP contribution in [0.15, 0.2) is 22.7 Å². The summed E-state index contributed by atoms with van der Waals surface area (Å²) < 4.78 is 1.01. The Balaban J connectivity index is 2.18. The number of β-amino-alcohol motifs (C(OH)–C–C–N with tert-alkyl or cyclic N) is 1. The minimum atomic E-state index is -0.361. The molecular weight excluding hydrogens is 270 g/mol. The van der Waals surface area contributed by atoms with E-state index >= 15 is 0 Å². The molecule has 0 bridgehead atoms. The summed E-state index contributed by atoms with van der Waals surface area (Å²) in [5.41, 5.74) is 1.74. The normalized spacial score (nSPS) is 20.2. The van der Waals surface area contributed by atoms with E-state index in [1.165, 1.54) is 0 Å². The van der Waals surface area contributed by atoms with Crippen LogP contribution in [0.25, 0.3) is 0 Å².